The van der Waals surface area contributed by atoms with E-state index in [0.29, 0.717) is 0 Å². The van der Waals surface area contributed by atoms with Crippen molar-refractivity contribution in [3.8, 4) is 0 Å². The molecule has 2 nitrogen and oxygen atoms in total. The molecule has 0 aliphatic carbocycles. The predicted molar refractivity (Wildman–Crippen MR) is 15.0 cm³/mol. The molecule has 0 atom stereocenters. The number of carbonyl (C=O) groups excluding carboxylic acids is 1. The van der Waals surface area contributed by atoms with Crippen molar-refractivity contribution in [1.29, 1.82) is 0 Å². The zero-order chi connectivity index (χ0) is 4.28. The zero-order valence-electron chi connectivity index (χ0n) is 4.73. The van der Waals surface area contributed by atoms with Gasteiger partial charge in [0, 0.05) is 5.97 Å². The predicted octanol–water partition coefficient (Wildman–Crippen LogP) is -7.03. The minimum atomic E-state index is -1.11. The molecule has 0 fully saturated rings. The molecule has 0 N–H and O–H groups in total. The van der Waals surface area contributed by atoms with E-state index in [9.17, 15) is 9.90 Å². The van der Waals surface area contributed by atoms with E-state index < -0.39 is 5.97 Å². The van der Waals surface area contributed by atoms with Crippen molar-refractivity contribution in [2.24, 2.45) is 0 Å². The van der Waals surface area contributed by atoms with E-state index in [-0.39, 0.29) is 44.1 Å². The number of carbonyl (C=O) groups is 1. The fourth-order valence-corrected chi connectivity index (χ4v) is 0. The maximum Gasteiger partial charge on any atom is 1.00 e. The molecular weight excluding hydrogens is 81.9 g/mol. The Kier molecular flexibility index (Phi) is 22.0. The fraction of sp³-hybridized carbons (Fsp3) is 0.333. The topological polar surface area (TPSA) is 40.1 Å². The van der Waals surface area contributed by atoms with E-state index in [1.165, 1.54) is 0 Å². The third-order valence-corrected chi connectivity index (χ3v) is 0.204. The Morgan fingerprint density at radius 1 is 1.57 bits per heavy atom. The van der Waals surface area contributed by atoms with Crippen molar-refractivity contribution in [3.63, 3.8) is 0 Å². The van der Waals surface area contributed by atoms with Crippen LogP contribution in [0.5, 0.6) is 0 Å². The fourth-order valence-electron chi connectivity index (χ4n) is 0. The first-order chi connectivity index (χ1) is 2.27. The van der Waals surface area contributed by atoms with Gasteiger partial charge in [-0.1, -0.05) is 0 Å². The third kappa shape index (κ3) is 20.4. The average molecular weight is 85.9 g/mol. The molecule has 30 valence electrons. The van der Waals surface area contributed by atoms with E-state index in [0.717, 1.165) is 0 Å². The van der Waals surface area contributed by atoms with Crippen LogP contribution in [0.25, 0.3) is 0 Å². The van der Waals surface area contributed by atoms with Gasteiger partial charge in [0.25, 0.3) is 0 Å². The largest absolute Gasteiger partial charge is 1.00 e. The van der Waals surface area contributed by atoms with Crippen LogP contribution in [-0.4, -0.2) is 5.97 Å². The van der Waals surface area contributed by atoms with Gasteiger partial charge >= 0.3 is 37.7 Å². The summed E-state index contributed by atoms with van der Waals surface area (Å²) in [6, 6.07) is 0. The first kappa shape index (κ1) is 15.6. The van der Waals surface area contributed by atoms with Gasteiger partial charge in [0.2, 0.25) is 0 Å². The second-order valence-corrected chi connectivity index (χ2v) is 0.622. The molecule has 0 aromatic rings. The van der Waals surface area contributed by atoms with Crippen LogP contribution in [0.2, 0.25) is 0 Å². The second-order valence-electron chi connectivity index (χ2n) is 0.622. The molecule has 0 spiro atoms. The summed E-state index contributed by atoms with van der Waals surface area (Å²) in [6.45, 7) is 3.02. The van der Waals surface area contributed by atoms with Crippen LogP contribution in [0.3, 0.4) is 0 Å². The number of carboxylic acids is 1. The van der Waals surface area contributed by atoms with Gasteiger partial charge in [-0.2, -0.15) is 0 Å². The van der Waals surface area contributed by atoms with Gasteiger partial charge in [-0.05, 0) is 0 Å². The number of aliphatic carboxylic acids is 1. The summed E-state index contributed by atoms with van der Waals surface area (Å²) < 4.78 is 0. The van der Waals surface area contributed by atoms with Crippen molar-refractivity contribution in [2.45, 2.75) is 6.42 Å². The molecule has 0 aromatic carbocycles. The molecule has 0 aromatic heterocycles. The van der Waals surface area contributed by atoms with Crippen LogP contribution >= 0.6 is 0 Å². The Hall–Kier alpha value is 0.665. The summed E-state index contributed by atoms with van der Waals surface area (Å²) in [5, 5.41) is 9.19. The molecule has 0 aliphatic heterocycles. The van der Waals surface area contributed by atoms with Gasteiger partial charge in [0.1, 0.15) is 0 Å². The summed E-state index contributed by atoms with van der Waals surface area (Å²) in [5.41, 5.74) is 0. The Morgan fingerprint density at radius 3 is 1.71 bits per heavy atom. The molecule has 0 aliphatic rings. The van der Waals surface area contributed by atoms with E-state index in [2.05, 4.69) is 6.92 Å². The SMILES string of the molecule is [CH2-]CC(=O)[O-].[Li+].[Li+]. The van der Waals surface area contributed by atoms with E-state index >= 15 is 0 Å². The molecule has 0 saturated carbocycles. The van der Waals surface area contributed by atoms with Crippen molar-refractivity contribution in [3.05, 3.63) is 6.92 Å². The van der Waals surface area contributed by atoms with E-state index in [1.807, 2.05) is 0 Å². The molecule has 0 amide bonds. The molecule has 4 heteroatoms. The van der Waals surface area contributed by atoms with Crippen LogP contribution in [0.15, 0.2) is 0 Å². The van der Waals surface area contributed by atoms with Gasteiger partial charge in [-0.3, -0.25) is 0 Å². The van der Waals surface area contributed by atoms with Gasteiger partial charge < -0.3 is 16.8 Å². The molecule has 0 rings (SSSR count). The van der Waals surface area contributed by atoms with Gasteiger partial charge in [0.05, 0.1) is 0 Å². The van der Waals surface area contributed by atoms with Crippen LogP contribution in [-0.2, 0) is 4.79 Å². The maximum absolute atomic E-state index is 9.19. The third-order valence-electron chi connectivity index (χ3n) is 0.204. The van der Waals surface area contributed by atoms with Gasteiger partial charge in [-0.15, -0.1) is 6.42 Å². The van der Waals surface area contributed by atoms with Crippen LogP contribution in [0, 0.1) is 6.92 Å². The Balaban J connectivity index is -0.0000000800. The molecule has 0 heterocycles. The molecule has 0 saturated heterocycles. The van der Waals surface area contributed by atoms with Crippen molar-refractivity contribution in [2.75, 3.05) is 0 Å². The zero-order valence-corrected chi connectivity index (χ0v) is 4.73. The van der Waals surface area contributed by atoms with Gasteiger partial charge in [0.15, 0.2) is 0 Å². The standard InChI is InChI=1S/C3H5O2.2Li/c1-2-3(4)5;;/h1-2H2,(H,4,5);;/q-1;2*+1/p-1. The van der Waals surface area contributed by atoms with Crippen LogP contribution < -0.4 is 42.8 Å². The number of carboxylic acid groups (broad SMARTS) is 1. The summed E-state index contributed by atoms with van der Waals surface area (Å²) in [6.07, 6.45) is -0.139. The first-order valence-corrected chi connectivity index (χ1v) is 1.26. The Labute approximate surface area is 67.0 Å². The molecular formula is C3H4Li2O2. The summed E-state index contributed by atoms with van der Waals surface area (Å²) >= 11 is 0. The molecule has 7 heavy (non-hydrogen) atoms. The molecule has 0 unspecified atom stereocenters. The molecule has 0 radical (unpaired) electrons. The van der Waals surface area contributed by atoms with Gasteiger partial charge in [-0.25, -0.2) is 0 Å². The average Bonchev–Trinajstić information content (AvgIpc) is 1.38. The maximum atomic E-state index is 9.19. The normalized spacial score (nSPS) is 5.29. The van der Waals surface area contributed by atoms with Crippen molar-refractivity contribution < 1.29 is 47.6 Å². The summed E-state index contributed by atoms with van der Waals surface area (Å²) in [7, 11) is 0. The number of hydrogen-bond acceptors (Lipinski definition) is 2. The quantitative estimate of drug-likeness (QED) is 0.235. The Bertz CT molecular complexity index is 46.2. The van der Waals surface area contributed by atoms with Crippen molar-refractivity contribution >= 4 is 5.97 Å². The van der Waals surface area contributed by atoms with Crippen LogP contribution in [0.1, 0.15) is 6.42 Å². The van der Waals surface area contributed by atoms with Crippen LogP contribution in [0.4, 0.5) is 0 Å². The number of rotatable bonds is 1. The van der Waals surface area contributed by atoms with Crippen molar-refractivity contribution in [1.82, 2.24) is 0 Å². The molecule has 0 bridgehead atoms. The summed E-state index contributed by atoms with van der Waals surface area (Å²) in [5.74, 6) is -1.11. The number of hydrogen-bond donors (Lipinski definition) is 0. The van der Waals surface area contributed by atoms with E-state index in [1.54, 1.807) is 0 Å². The monoisotopic (exact) mass is 86.1 g/mol. The minimum Gasteiger partial charge on any atom is -0.553 e. The first-order valence-electron chi connectivity index (χ1n) is 1.26. The minimum absolute atomic E-state index is 0. The smallest absolute Gasteiger partial charge is 0.553 e. The van der Waals surface area contributed by atoms with E-state index in [4.69, 9.17) is 0 Å². The summed E-state index contributed by atoms with van der Waals surface area (Å²) in [4.78, 5) is 9.19. The second kappa shape index (κ2) is 9.83. The Morgan fingerprint density at radius 2 is 1.71 bits per heavy atom.